The highest BCUT2D eigenvalue weighted by atomic mass is 14.1. The van der Waals surface area contributed by atoms with E-state index in [4.69, 9.17) is 0 Å². The van der Waals surface area contributed by atoms with Crippen LogP contribution in [0.15, 0.2) is 11.6 Å². The topological polar surface area (TPSA) is 0 Å². The van der Waals surface area contributed by atoms with Gasteiger partial charge in [-0.2, -0.15) is 0 Å². The molecule has 1 rings (SSSR count). The lowest BCUT2D eigenvalue weighted by Gasteiger charge is -1.98. The van der Waals surface area contributed by atoms with Crippen LogP contribution in [-0.2, 0) is 0 Å². The number of hydrogen-bond donors (Lipinski definition) is 0. The third kappa shape index (κ3) is 11.7. The smallest absolute Gasteiger partial charge is 0.0231 e. The summed E-state index contributed by atoms with van der Waals surface area (Å²) in [5.41, 5.74) is 1.58. The van der Waals surface area contributed by atoms with Gasteiger partial charge in [0.25, 0.3) is 0 Å². The van der Waals surface area contributed by atoms with Crippen molar-refractivity contribution in [2.24, 2.45) is 5.92 Å². The van der Waals surface area contributed by atoms with E-state index in [-0.39, 0.29) is 0 Å². The molecule has 0 fully saturated rings. The minimum atomic E-state index is 0.875. The maximum atomic E-state index is 2.34. The van der Waals surface area contributed by atoms with E-state index in [0.717, 1.165) is 5.92 Å². The van der Waals surface area contributed by atoms with Gasteiger partial charge in [0.2, 0.25) is 0 Å². The minimum Gasteiger partial charge on any atom is -0.0853 e. The lowest BCUT2D eigenvalue weighted by atomic mass is 10.1. The van der Waals surface area contributed by atoms with Gasteiger partial charge in [-0.1, -0.05) is 60.1 Å². The molecular weight excluding hydrogens is 156 g/mol. The molecule has 0 radical (unpaired) electrons. The maximum absolute atomic E-state index is 2.34. The summed E-state index contributed by atoms with van der Waals surface area (Å²) in [5, 5.41) is 0. The molecule has 1 unspecified atom stereocenters. The van der Waals surface area contributed by atoms with Gasteiger partial charge in [-0.25, -0.2) is 0 Å². The Morgan fingerprint density at radius 3 is 1.46 bits per heavy atom. The fourth-order valence-corrected chi connectivity index (χ4v) is 0.990. The predicted molar refractivity (Wildman–Crippen MR) is 66.2 cm³/mol. The van der Waals surface area contributed by atoms with Crippen LogP contribution in [-0.4, -0.2) is 0 Å². The fourth-order valence-electron chi connectivity index (χ4n) is 0.990. The van der Waals surface area contributed by atoms with Crippen LogP contribution in [0.25, 0.3) is 0 Å². The molecule has 1 aliphatic rings. The molecule has 0 heterocycles. The average molecular weight is 186 g/mol. The monoisotopic (exact) mass is 186 g/mol. The first kappa shape index (κ1) is 18.5. The molecule has 0 N–H and O–H groups in total. The van der Waals surface area contributed by atoms with E-state index in [1.54, 1.807) is 5.57 Å². The maximum Gasteiger partial charge on any atom is -0.0231 e. The number of hydrogen-bond acceptors (Lipinski definition) is 0. The zero-order valence-corrected chi connectivity index (χ0v) is 11.1. The summed E-state index contributed by atoms with van der Waals surface area (Å²) < 4.78 is 0. The lowest BCUT2D eigenvalue weighted by Crippen LogP contribution is -1.85. The van der Waals surface area contributed by atoms with E-state index < -0.39 is 0 Å². The van der Waals surface area contributed by atoms with Gasteiger partial charge >= 0.3 is 0 Å². The van der Waals surface area contributed by atoms with Crippen molar-refractivity contribution < 1.29 is 0 Å². The molecule has 0 aromatic heterocycles. The zero-order chi connectivity index (χ0) is 11.3. The molecule has 0 spiro atoms. The van der Waals surface area contributed by atoms with Gasteiger partial charge in [0.1, 0.15) is 0 Å². The molecule has 0 aliphatic heterocycles. The summed E-state index contributed by atoms with van der Waals surface area (Å²) in [4.78, 5) is 0. The van der Waals surface area contributed by atoms with Gasteiger partial charge in [0.05, 0.1) is 0 Å². The van der Waals surface area contributed by atoms with E-state index in [1.165, 1.54) is 12.8 Å². The summed E-state index contributed by atoms with van der Waals surface area (Å²) >= 11 is 0. The molecule has 0 bridgehead atoms. The van der Waals surface area contributed by atoms with Crippen molar-refractivity contribution >= 4 is 0 Å². The van der Waals surface area contributed by atoms with Crippen molar-refractivity contribution in [2.45, 2.75) is 68.2 Å². The first-order valence-corrected chi connectivity index (χ1v) is 5.97. The van der Waals surface area contributed by atoms with Crippen LogP contribution >= 0.6 is 0 Å². The Hall–Kier alpha value is -0.260. The van der Waals surface area contributed by atoms with Crippen molar-refractivity contribution in [1.82, 2.24) is 0 Å². The molecule has 1 aliphatic carbocycles. The van der Waals surface area contributed by atoms with Crippen molar-refractivity contribution in [3.8, 4) is 0 Å². The van der Waals surface area contributed by atoms with Crippen molar-refractivity contribution in [3.63, 3.8) is 0 Å². The van der Waals surface area contributed by atoms with Gasteiger partial charge in [-0.05, 0) is 25.7 Å². The Bertz CT molecular complexity index is 90.2. The summed E-state index contributed by atoms with van der Waals surface area (Å²) in [6, 6.07) is 0. The van der Waals surface area contributed by atoms with Crippen LogP contribution in [0.1, 0.15) is 68.2 Å². The van der Waals surface area contributed by atoms with Crippen molar-refractivity contribution in [2.75, 3.05) is 0 Å². The van der Waals surface area contributed by atoms with E-state index >= 15 is 0 Å². The highest BCUT2D eigenvalue weighted by Crippen LogP contribution is 2.23. The molecule has 0 saturated carbocycles. The standard InChI is InChI=1S/C7H12.3C2H6/c1-6-4-3-5-7(6)2;3*1-2/h4,7H,3,5H2,1-2H3;3*1-2H3. The van der Waals surface area contributed by atoms with Crippen LogP contribution < -0.4 is 0 Å². The SMILES string of the molecule is CC.CC.CC.CC1=CCCC1C. The van der Waals surface area contributed by atoms with Gasteiger partial charge in [-0.3, -0.25) is 0 Å². The normalized spacial score (nSPS) is 17.8. The number of allylic oxidation sites excluding steroid dienone is 2. The molecule has 1 atom stereocenters. The van der Waals surface area contributed by atoms with Crippen LogP contribution in [0.2, 0.25) is 0 Å². The van der Waals surface area contributed by atoms with Crippen LogP contribution in [0, 0.1) is 5.92 Å². The molecule has 0 aromatic carbocycles. The highest BCUT2D eigenvalue weighted by Gasteiger charge is 2.07. The Kier molecular flexibility index (Phi) is 25.2. The third-order valence-corrected chi connectivity index (χ3v) is 1.84. The second-order valence-corrected chi connectivity index (χ2v) is 2.43. The van der Waals surface area contributed by atoms with E-state index in [9.17, 15) is 0 Å². The average Bonchev–Trinajstić information content (AvgIpc) is 2.61. The number of rotatable bonds is 0. The van der Waals surface area contributed by atoms with Crippen LogP contribution in [0.3, 0.4) is 0 Å². The molecule has 0 saturated heterocycles. The van der Waals surface area contributed by atoms with Crippen LogP contribution in [0.5, 0.6) is 0 Å². The van der Waals surface area contributed by atoms with Gasteiger partial charge in [0.15, 0.2) is 0 Å². The molecular formula is C13H30. The summed E-state index contributed by atoms with van der Waals surface area (Å²) in [6.45, 7) is 16.5. The molecule has 0 amide bonds. The fraction of sp³-hybridized carbons (Fsp3) is 0.846. The molecule has 13 heavy (non-hydrogen) atoms. The van der Waals surface area contributed by atoms with E-state index in [2.05, 4.69) is 19.9 Å². The van der Waals surface area contributed by atoms with E-state index in [1.807, 2.05) is 41.5 Å². The first-order chi connectivity index (χ1) is 6.30. The summed E-state index contributed by atoms with van der Waals surface area (Å²) in [5.74, 6) is 0.875. The van der Waals surface area contributed by atoms with E-state index in [0.29, 0.717) is 0 Å². The molecule has 0 nitrogen and oxygen atoms in total. The van der Waals surface area contributed by atoms with Crippen molar-refractivity contribution in [3.05, 3.63) is 11.6 Å². The van der Waals surface area contributed by atoms with Gasteiger partial charge < -0.3 is 0 Å². The predicted octanol–water partition coefficient (Wildman–Crippen LogP) is 5.44. The largest absolute Gasteiger partial charge is 0.0853 e. The first-order valence-electron chi connectivity index (χ1n) is 5.97. The summed E-state index contributed by atoms with van der Waals surface area (Å²) in [6.07, 6.45) is 5.03. The molecule has 0 aromatic rings. The Morgan fingerprint density at radius 1 is 1.00 bits per heavy atom. The van der Waals surface area contributed by atoms with Crippen molar-refractivity contribution in [1.29, 1.82) is 0 Å². The van der Waals surface area contributed by atoms with Gasteiger partial charge in [-0.15, -0.1) is 0 Å². The second-order valence-electron chi connectivity index (χ2n) is 2.43. The quantitative estimate of drug-likeness (QED) is 0.442. The zero-order valence-electron chi connectivity index (χ0n) is 11.1. The second kappa shape index (κ2) is 17.7. The Morgan fingerprint density at radius 2 is 1.38 bits per heavy atom. The van der Waals surface area contributed by atoms with Gasteiger partial charge in [0, 0.05) is 0 Å². The Balaban J connectivity index is -0.000000144. The highest BCUT2D eigenvalue weighted by molar-refractivity contribution is 5.07. The molecule has 82 valence electrons. The minimum absolute atomic E-state index is 0.875. The lowest BCUT2D eigenvalue weighted by molar-refractivity contribution is 0.670. The van der Waals surface area contributed by atoms with Crippen LogP contribution in [0.4, 0.5) is 0 Å². The Labute approximate surface area is 86.4 Å². The molecule has 0 heteroatoms. The third-order valence-electron chi connectivity index (χ3n) is 1.84. The summed E-state index contributed by atoms with van der Waals surface area (Å²) in [7, 11) is 0.